The van der Waals surface area contributed by atoms with Crippen LogP contribution in [0.4, 0.5) is 0 Å². The van der Waals surface area contributed by atoms with Gasteiger partial charge in [0.2, 0.25) is 5.41 Å². The van der Waals surface area contributed by atoms with Gasteiger partial charge in [-0.05, 0) is 13.8 Å². The van der Waals surface area contributed by atoms with E-state index in [0.29, 0.717) is 0 Å². The van der Waals surface area contributed by atoms with Gasteiger partial charge in [-0.2, -0.15) is 7.05 Å². The molecule has 7 nitrogen and oxygen atoms in total. The summed E-state index contributed by atoms with van der Waals surface area (Å²) < 4.78 is 0. The van der Waals surface area contributed by atoms with E-state index in [1.807, 2.05) is 0 Å². The van der Waals surface area contributed by atoms with Crippen LogP contribution in [0.25, 0.3) is 11.5 Å². The van der Waals surface area contributed by atoms with E-state index >= 15 is 0 Å². The van der Waals surface area contributed by atoms with Gasteiger partial charge in [-0.1, -0.05) is 0 Å². The Kier molecular flexibility index (Phi) is 11.0. The Bertz CT molecular complexity index is 241. The molecule has 0 saturated heterocycles. The van der Waals surface area contributed by atoms with Gasteiger partial charge in [0.25, 0.3) is 0 Å². The molecule has 0 aliphatic carbocycles. The Balaban J connectivity index is -0.000000529. The molecule has 3 N–H and O–H groups in total. The summed E-state index contributed by atoms with van der Waals surface area (Å²) in [4.78, 5) is 42.9. The normalized spacial score (nSPS) is 9.00. The van der Waals surface area contributed by atoms with Crippen molar-refractivity contribution in [3.63, 3.8) is 0 Å². The summed E-state index contributed by atoms with van der Waals surface area (Å²) in [5.41, 5.74) is 9.53. The maximum absolute atomic E-state index is 10.8. The fourth-order valence-electron chi connectivity index (χ4n) is 0.966. The molecule has 0 fully saturated rings. The van der Waals surface area contributed by atoms with E-state index in [0.717, 1.165) is 13.8 Å². The molecule has 89 valence electrons. The molecular formula is C8H12N2O5Y-2. The molecule has 0 aliphatic rings. The Labute approximate surface area is 118 Å². The third-order valence-corrected chi connectivity index (χ3v) is 1.72. The van der Waals surface area contributed by atoms with Crippen LogP contribution in [-0.2, 0) is 51.9 Å². The van der Waals surface area contributed by atoms with Crippen molar-refractivity contribution in [2.45, 2.75) is 13.8 Å². The zero-order valence-electron chi connectivity index (χ0n) is 9.16. The van der Waals surface area contributed by atoms with Crippen molar-refractivity contribution in [3.8, 4) is 0 Å². The molecule has 1 amide bonds. The predicted molar refractivity (Wildman–Crippen MR) is 51.0 cm³/mol. The second-order valence-corrected chi connectivity index (χ2v) is 2.50. The molecule has 0 aromatic carbocycles. The Morgan fingerprint density at radius 3 is 1.25 bits per heavy atom. The van der Waals surface area contributed by atoms with Crippen LogP contribution in [-0.4, -0.2) is 35.6 Å². The molecule has 0 heterocycles. The average molecular weight is 305 g/mol. The van der Waals surface area contributed by atoms with Crippen molar-refractivity contribution in [1.29, 1.82) is 0 Å². The van der Waals surface area contributed by atoms with E-state index in [9.17, 15) is 19.2 Å². The van der Waals surface area contributed by atoms with Crippen LogP contribution in [0.2, 0.25) is 0 Å². The number of amides is 1. The first kappa shape index (κ1) is 20.7. The van der Waals surface area contributed by atoms with E-state index in [4.69, 9.17) is 16.6 Å². The molecule has 0 spiro atoms. The van der Waals surface area contributed by atoms with Crippen molar-refractivity contribution in [2.24, 2.45) is 5.41 Å². The minimum absolute atomic E-state index is 0. The van der Waals surface area contributed by atoms with Gasteiger partial charge in [-0.25, -0.2) is 0 Å². The number of carboxylic acid groups (broad SMARTS) is 1. The van der Waals surface area contributed by atoms with Crippen molar-refractivity contribution in [1.82, 2.24) is 0 Å². The maximum Gasteiger partial charge on any atom is 0.330 e. The Morgan fingerprint density at radius 1 is 1.00 bits per heavy atom. The zero-order chi connectivity index (χ0) is 12.8. The fourth-order valence-corrected chi connectivity index (χ4v) is 0.966. The molecule has 0 aromatic heterocycles. The third-order valence-electron chi connectivity index (χ3n) is 1.72. The van der Waals surface area contributed by atoms with Crippen LogP contribution in [0.1, 0.15) is 13.8 Å². The second-order valence-electron chi connectivity index (χ2n) is 2.50. The van der Waals surface area contributed by atoms with Gasteiger partial charge in [0.1, 0.15) is 0 Å². The summed E-state index contributed by atoms with van der Waals surface area (Å²) >= 11 is 0. The van der Waals surface area contributed by atoms with Crippen molar-refractivity contribution >= 4 is 23.4 Å². The summed E-state index contributed by atoms with van der Waals surface area (Å²) in [6.07, 6.45) is 0. The van der Waals surface area contributed by atoms with Gasteiger partial charge in [-0.3, -0.25) is 14.4 Å². The van der Waals surface area contributed by atoms with Crippen molar-refractivity contribution in [2.75, 3.05) is 7.05 Å². The molecule has 0 aliphatic heterocycles. The van der Waals surface area contributed by atoms with Crippen LogP contribution in [0.15, 0.2) is 0 Å². The molecule has 8 heteroatoms. The number of ketones is 2. The number of hydrogen-bond acceptors (Lipinski definition) is 4. The van der Waals surface area contributed by atoms with E-state index in [2.05, 4.69) is 0 Å². The number of carbonyl (C=O) groups is 4. The first-order valence-electron chi connectivity index (χ1n) is 3.79. The van der Waals surface area contributed by atoms with Gasteiger partial charge < -0.3 is 21.4 Å². The Hall–Kier alpha value is -0.656. The number of carboxylic acids is 1. The minimum atomic E-state index is -2.83. The molecule has 0 rings (SSSR count). The van der Waals surface area contributed by atoms with Gasteiger partial charge in [0.15, 0.2) is 11.6 Å². The van der Waals surface area contributed by atoms with Crippen LogP contribution >= 0.6 is 0 Å². The molecule has 16 heavy (non-hydrogen) atoms. The number of Topliss-reactive ketones (excluding diaryl/α,β-unsaturated/α-hetero) is 2. The van der Waals surface area contributed by atoms with Gasteiger partial charge in [0.05, 0.1) is 5.91 Å². The predicted octanol–water partition coefficient (Wildman–Crippen LogP) is 0.480. The van der Waals surface area contributed by atoms with Crippen molar-refractivity contribution in [3.05, 3.63) is 11.5 Å². The van der Waals surface area contributed by atoms with Crippen LogP contribution in [0, 0.1) is 5.41 Å². The monoisotopic (exact) mass is 305 g/mol. The number of hydrogen-bond donors (Lipinski definition) is 1. The number of nitrogens with one attached hydrogen (secondary N) is 2. The van der Waals surface area contributed by atoms with Crippen molar-refractivity contribution < 1.29 is 57.0 Å². The first-order valence-corrected chi connectivity index (χ1v) is 3.79. The fraction of sp³-hybridized carbons (Fsp3) is 0.500. The molecular weight excluding hydrogens is 293 g/mol. The molecule has 0 bridgehead atoms. The molecule has 0 atom stereocenters. The summed E-state index contributed by atoms with van der Waals surface area (Å²) in [5.74, 6) is -5.90. The number of aliphatic carboxylic acids is 1. The molecule has 1 radical (unpaired) electrons. The van der Waals surface area contributed by atoms with Crippen LogP contribution in [0.3, 0.4) is 0 Å². The smallest absolute Gasteiger partial charge is 0.330 e. The quantitative estimate of drug-likeness (QED) is 0.753. The third kappa shape index (κ3) is 3.73. The van der Waals surface area contributed by atoms with E-state index in [-0.39, 0.29) is 32.7 Å². The van der Waals surface area contributed by atoms with Gasteiger partial charge in [0, 0.05) is 32.7 Å². The van der Waals surface area contributed by atoms with E-state index in [1.54, 1.807) is 0 Å². The van der Waals surface area contributed by atoms with E-state index < -0.39 is 28.9 Å². The van der Waals surface area contributed by atoms with Gasteiger partial charge >= 0.3 is 5.97 Å². The number of carbonyl (C=O) groups excluding carboxylic acids is 3. The van der Waals surface area contributed by atoms with E-state index in [1.165, 1.54) is 7.05 Å². The largest absolute Gasteiger partial charge is 0.680 e. The molecule has 0 aromatic rings. The van der Waals surface area contributed by atoms with Gasteiger partial charge in [-0.15, -0.1) is 0 Å². The van der Waals surface area contributed by atoms with Crippen LogP contribution < -0.4 is 0 Å². The first-order chi connectivity index (χ1) is 6.77. The summed E-state index contributed by atoms with van der Waals surface area (Å²) in [6.45, 7) is 1.59. The topological polar surface area (TPSA) is 136 Å². The molecule has 0 unspecified atom stereocenters. The minimum Gasteiger partial charge on any atom is -0.680 e. The SMILES string of the molecule is CC(=O)C(C(C)=O)(C([NH-])=O)C(=O)O.C[NH-].[Y]. The standard InChI is InChI=1S/C7H9NO5.CH4N.Y/c1-3(9)7(4(2)10,5(8)11)6(12)13;1-2;/h1-2H3,(H3,8,11,12,13);2H,1H3;/q;-1;/p-1. The summed E-state index contributed by atoms with van der Waals surface area (Å²) in [5, 5.41) is 8.55. The zero-order valence-corrected chi connectivity index (χ0v) is 12.0. The van der Waals surface area contributed by atoms with Crippen LogP contribution in [0.5, 0.6) is 0 Å². The average Bonchev–Trinajstić information content (AvgIpc) is 2.05. The second kappa shape index (κ2) is 8.49. The molecule has 0 saturated carbocycles. The number of rotatable bonds is 4. The summed E-state index contributed by atoms with van der Waals surface area (Å²) in [6, 6.07) is 0. The summed E-state index contributed by atoms with van der Waals surface area (Å²) in [7, 11) is 1.25. The maximum atomic E-state index is 10.8. The Morgan fingerprint density at radius 2 is 1.25 bits per heavy atom.